The van der Waals surface area contributed by atoms with Crippen molar-refractivity contribution < 1.29 is 4.42 Å². The van der Waals surface area contributed by atoms with Gasteiger partial charge in [0.15, 0.2) is 0 Å². The van der Waals surface area contributed by atoms with Gasteiger partial charge in [0.05, 0.1) is 5.41 Å². The summed E-state index contributed by atoms with van der Waals surface area (Å²) in [7, 11) is 0. The third kappa shape index (κ3) is 3.19. The van der Waals surface area contributed by atoms with Crippen molar-refractivity contribution in [2.24, 2.45) is 5.92 Å². The number of halogens is 1. The minimum Gasteiger partial charge on any atom is -0.455 e. The molecule has 1 aromatic heterocycles. The van der Waals surface area contributed by atoms with Gasteiger partial charge in [0.2, 0.25) is 0 Å². The normalized spacial score (nSPS) is 19.7. The summed E-state index contributed by atoms with van der Waals surface area (Å²) < 4.78 is 7.53. The van der Waals surface area contributed by atoms with E-state index in [1.807, 2.05) is 12.1 Å². The molecule has 0 fully saturated rings. The summed E-state index contributed by atoms with van der Waals surface area (Å²) in [6, 6.07) is 41.7. The highest BCUT2D eigenvalue weighted by atomic mass is 79.9. The number of hydrogen-bond acceptors (Lipinski definition) is 1. The second-order valence-electron chi connectivity index (χ2n) is 10.5. The van der Waals surface area contributed by atoms with Crippen LogP contribution in [0.3, 0.4) is 0 Å². The molecule has 0 radical (unpaired) electrons. The molecule has 0 amide bonds. The van der Waals surface area contributed by atoms with E-state index in [4.69, 9.17) is 4.42 Å². The zero-order chi connectivity index (χ0) is 26.0. The number of fused-ring (bicyclic) bond motifs is 6. The van der Waals surface area contributed by atoms with Gasteiger partial charge in [-0.15, -0.1) is 0 Å². The van der Waals surface area contributed by atoms with Crippen LogP contribution in [0.25, 0.3) is 38.6 Å². The highest BCUT2D eigenvalue weighted by Gasteiger charge is 2.52. The van der Waals surface area contributed by atoms with E-state index in [-0.39, 0.29) is 5.41 Å². The van der Waals surface area contributed by atoms with Crippen molar-refractivity contribution in [1.82, 2.24) is 0 Å². The predicted octanol–water partition coefficient (Wildman–Crippen LogP) is 10.3. The lowest BCUT2D eigenvalue weighted by molar-refractivity contribution is 0.484. The number of rotatable bonds is 3. The van der Waals surface area contributed by atoms with E-state index in [0.29, 0.717) is 5.92 Å². The fourth-order valence-electron chi connectivity index (χ4n) is 7.10. The van der Waals surface area contributed by atoms with Gasteiger partial charge in [0.1, 0.15) is 11.2 Å². The largest absolute Gasteiger partial charge is 0.455 e. The van der Waals surface area contributed by atoms with Gasteiger partial charge in [-0.1, -0.05) is 137 Å². The van der Waals surface area contributed by atoms with E-state index >= 15 is 0 Å². The van der Waals surface area contributed by atoms with Gasteiger partial charge in [-0.05, 0) is 51.9 Å². The van der Waals surface area contributed by atoms with Gasteiger partial charge in [0.25, 0.3) is 0 Å². The third-order valence-electron chi connectivity index (χ3n) is 8.69. The van der Waals surface area contributed by atoms with Crippen molar-refractivity contribution in [2.75, 3.05) is 0 Å². The van der Waals surface area contributed by atoms with Crippen LogP contribution < -0.4 is 0 Å². The maximum atomic E-state index is 6.37. The summed E-state index contributed by atoms with van der Waals surface area (Å²) in [4.78, 5) is 0. The summed E-state index contributed by atoms with van der Waals surface area (Å²) in [6.07, 6.45) is 7.86. The molecule has 0 spiro atoms. The Hall–Kier alpha value is -4.14. The molecule has 2 aliphatic rings. The highest BCUT2D eigenvalue weighted by Crippen LogP contribution is 2.60. The van der Waals surface area contributed by atoms with Crippen molar-refractivity contribution in [3.63, 3.8) is 0 Å². The lowest BCUT2D eigenvalue weighted by Gasteiger charge is -2.39. The van der Waals surface area contributed by atoms with Crippen LogP contribution in [0, 0.1) is 5.92 Å². The first-order valence-corrected chi connectivity index (χ1v) is 14.3. The van der Waals surface area contributed by atoms with Crippen LogP contribution in [-0.2, 0) is 5.41 Å². The van der Waals surface area contributed by atoms with E-state index in [9.17, 15) is 0 Å². The second-order valence-corrected chi connectivity index (χ2v) is 11.4. The molecule has 5 aromatic carbocycles. The average Bonchev–Trinajstić information content (AvgIpc) is 3.53. The summed E-state index contributed by atoms with van der Waals surface area (Å²) in [5.74, 6) is 0.322. The molecule has 0 saturated heterocycles. The Morgan fingerprint density at radius 1 is 0.692 bits per heavy atom. The molecule has 39 heavy (non-hydrogen) atoms. The topological polar surface area (TPSA) is 13.1 Å². The van der Waals surface area contributed by atoms with Crippen LogP contribution in [0.15, 0.2) is 142 Å². The molecule has 2 atom stereocenters. The van der Waals surface area contributed by atoms with Gasteiger partial charge in [0, 0.05) is 26.7 Å². The zero-order valence-electron chi connectivity index (χ0n) is 21.3. The van der Waals surface area contributed by atoms with Gasteiger partial charge in [-0.2, -0.15) is 0 Å². The van der Waals surface area contributed by atoms with Crippen LogP contribution in [0.2, 0.25) is 0 Å². The lowest BCUT2D eigenvalue weighted by Crippen LogP contribution is -2.34. The first-order chi connectivity index (χ1) is 19.3. The van der Waals surface area contributed by atoms with E-state index in [0.717, 1.165) is 38.4 Å². The van der Waals surface area contributed by atoms with Gasteiger partial charge < -0.3 is 4.42 Å². The van der Waals surface area contributed by atoms with E-state index in [2.05, 4.69) is 137 Å². The van der Waals surface area contributed by atoms with Crippen molar-refractivity contribution in [1.29, 1.82) is 0 Å². The standard InChI is InChI=1S/C37H25BrO/c38-33-18-9-17-32-35(33)30-13-4-6-16-31(30)37(32,25-10-2-1-3-11-25)26-22-20-24(21-23-26)27-14-8-15-29-28-12-5-7-19-34(28)39-36(27)29/h1-15,17-23,31H,16H2. The number of furan rings is 1. The third-order valence-corrected chi connectivity index (χ3v) is 9.35. The molecule has 2 heteroatoms. The Morgan fingerprint density at radius 2 is 1.44 bits per heavy atom. The molecule has 6 aromatic rings. The molecular formula is C37H25BrO. The Bertz CT molecular complexity index is 1940. The zero-order valence-corrected chi connectivity index (χ0v) is 22.9. The molecule has 1 heterocycles. The Morgan fingerprint density at radius 3 is 2.31 bits per heavy atom. The van der Waals surface area contributed by atoms with Crippen LogP contribution in [-0.4, -0.2) is 0 Å². The minimum absolute atomic E-state index is 0.277. The second kappa shape index (κ2) is 8.69. The van der Waals surface area contributed by atoms with Crippen LogP contribution >= 0.6 is 15.9 Å². The summed E-state index contributed by atoms with van der Waals surface area (Å²) in [6.45, 7) is 0. The van der Waals surface area contributed by atoms with Gasteiger partial charge >= 0.3 is 0 Å². The molecular weight excluding hydrogens is 540 g/mol. The van der Waals surface area contributed by atoms with Crippen molar-refractivity contribution in [2.45, 2.75) is 11.8 Å². The van der Waals surface area contributed by atoms with Gasteiger partial charge in [-0.25, -0.2) is 0 Å². The van der Waals surface area contributed by atoms with Crippen molar-refractivity contribution >= 4 is 43.4 Å². The molecule has 1 nitrogen and oxygen atoms in total. The lowest BCUT2D eigenvalue weighted by atomic mass is 9.63. The molecule has 186 valence electrons. The molecule has 0 N–H and O–H groups in total. The molecule has 0 bridgehead atoms. The predicted molar refractivity (Wildman–Crippen MR) is 165 cm³/mol. The maximum absolute atomic E-state index is 6.37. The monoisotopic (exact) mass is 564 g/mol. The van der Waals surface area contributed by atoms with Crippen LogP contribution in [0.4, 0.5) is 0 Å². The van der Waals surface area contributed by atoms with Crippen LogP contribution in [0.5, 0.6) is 0 Å². The summed E-state index contributed by atoms with van der Waals surface area (Å²) in [5, 5.41) is 2.32. The van der Waals surface area contributed by atoms with Crippen molar-refractivity contribution in [3.05, 3.63) is 160 Å². The number of para-hydroxylation sites is 2. The molecule has 0 aliphatic heterocycles. The Balaban J connectivity index is 1.35. The Kier molecular flexibility index (Phi) is 5.08. The van der Waals surface area contributed by atoms with E-state index in [1.54, 1.807) is 0 Å². The first-order valence-electron chi connectivity index (χ1n) is 13.5. The molecule has 0 saturated carbocycles. The Labute approximate surface area is 236 Å². The van der Waals surface area contributed by atoms with Crippen LogP contribution in [0.1, 0.15) is 28.7 Å². The number of hydrogen-bond donors (Lipinski definition) is 0. The molecule has 8 rings (SSSR count). The fourth-order valence-corrected chi connectivity index (χ4v) is 7.69. The van der Waals surface area contributed by atoms with Gasteiger partial charge in [-0.3, -0.25) is 0 Å². The first kappa shape index (κ1) is 22.8. The quantitative estimate of drug-likeness (QED) is 0.208. The van der Waals surface area contributed by atoms with E-state index in [1.165, 1.54) is 33.4 Å². The highest BCUT2D eigenvalue weighted by molar-refractivity contribution is 9.10. The summed E-state index contributed by atoms with van der Waals surface area (Å²) in [5.41, 5.74) is 10.7. The smallest absolute Gasteiger partial charge is 0.143 e. The maximum Gasteiger partial charge on any atom is 0.143 e. The summed E-state index contributed by atoms with van der Waals surface area (Å²) >= 11 is 3.91. The molecule has 2 aliphatic carbocycles. The average molecular weight is 566 g/mol. The van der Waals surface area contributed by atoms with Crippen molar-refractivity contribution in [3.8, 4) is 11.1 Å². The fraction of sp³-hybridized carbons (Fsp3) is 0.0811. The molecule has 2 unspecified atom stereocenters. The number of benzene rings is 5. The minimum atomic E-state index is -0.277. The SMILES string of the molecule is Brc1cccc2c1C1=CC=CCC1C2(c1ccccc1)c1ccc(-c2cccc3c2oc2ccccc23)cc1. The number of allylic oxidation sites excluding steroid dienone is 4. The van der Waals surface area contributed by atoms with E-state index < -0.39 is 0 Å².